The van der Waals surface area contributed by atoms with E-state index in [2.05, 4.69) is 0 Å². The summed E-state index contributed by atoms with van der Waals surface area (Å²) in [5, 5.41) is 8.45. The molecule has 0 aliphatic heterocycles. The minimum atomic E-state index is -5.05. The molecular formula is C9H20ClN2O3P. The van der Waals surface area contributed by atoms with Crippen molar-refractivity contribution in [2.24, 2.45) is 0 Å². The zero-order valence-corrected chi connectivity index (χ0v) is 11.7. The van der Waals surface area contributed by atoms with Gasteiger partial charge in [0.1, 0.15) is 0 Å². The summed E-state index contributed by atoms with van der Waals surface area (Å²) in [5.41, 5.74) is 0. The molecule has 0 aliphatic rings. The van der Waals surface area contributed by atoms with Crippen LogP contribution in [0.2, 0.25) is 0 Å². The third kappa shape index (κ3) is 4.14. The number of hydrogen-bond acceptors (Lipinski definition) is 5. The number of hydrogen-bond donors (Lipinski definition) is 3. The Morgan fingerprint density at radius 2 is 1.81 bits per heavy atom. The maximum atomic E-state index is 10.0. The van der Waals surface area contributed by atoms with Gasteiger partial charge in [-0.2, -0.15) is 0 Å². The van der Waals surface area contributed by atoms with Gasteiger partial charge in [0.05, 0.1) is 0 Å². The number of nitrogens with zero attached hydrogens (tertiary/aromatic N) is 2. The van der Waals surface area contributed by atoms with E-state index in [1.165, 1.54) is 0 Å². The molecule has 0 fully saturated rings. The Labute approximate surface area is 101 Å². The second-order valence-electron chi connectivity index (χ2n) is 4.58. The van der Waals surface area contributed by atoms with Gasteiger partial charge in [-0.25, -0.2) is 0 Å². The average molecular weight is 271 g/mol. The molecule has 0 heterocycles. The van der Waals surface area contributed by atoms with Crippen molar-refractivity contribution < 1.29 is 14.7 Å². The second kappa shape index (κ2) is 4.73. The Morgan fingerprint density at radius 1 is 1.38 bits per heavy atom. The molecule has 3 N–H and O–H groups in total. The second-order valence-corrected chi connectivity index (χ2v) is 8.59. The van der Waals surface area contributed by atoms with E-state index in [0.717, 1.165) is 4.67 Å². The van der Waals surface area contributed by atoms with E-state index >= 15 is 0 Å². The topological polar surface area (TPSA) is 87.7 Å². The fourth-order valence-corrected chi connectivity index (χ4v) is 5.23. The van der Waals surface area contributed by atoms with Crippen molar-refractivity contribution in [3.05, 3.63) is 0 Å². The van der Waals surface area contributed by atoms with E-state index in [-0.39, 0.29) is 12.5 Å². The molecule has 7 heteroatoms. The first-order valence-electron chi connectivity index (χ1n) is 5.02. The standard InChI is InChI=1S/C9H20ClN2O3P/c1-8(2)12(9(3,4)10)16(13,14,15)7-5-6-11/h8,13-15H,5,7H2,1-4H3. The first kappa shape index (κ1) is 16.1. The molecule has 96 valence electrons. The maximum absolute atomic E-state index is 10.0. The van der Waals surface area contributed by atoms with E-state index in [1.54, 1.807) is 33.8 Å². The quantitative estimate of drug-likeness (QED) is 0.403. The summed E-state index contributed by atoms with van der Waals surface area (Å²) < 4.78 is 1.08. The van der Waals surface area contributed by atoms with Gasteiger partial charge < -0.3 is 0 Å². The van der Waals surface area contributed by atoms with E-state index in [4.69, 9.17) is 16.9 Å². The number of halogens is 1. The monoisotopic (exact) mass is 270 g/mol. The summed E-state index contributed by atoms with van der Waals surface area (Å²) in [6.07, 6.45) is -0.534. The van der Waals surface area contributed by atoms with E-state index in [9.17, 15) is 14.7 Å². The third-order valence-corrected chi connectivity index (χ3v) is 5.27. The van der Waals surface area contributed by atoms with Gasteiger partial charge in [-0.1, -0.05) is 0 Å². The summed E-state index contributed by atoms with van der Waals surface area (Å²) in [7, 11) is -5.05. The van der Waals surface area contributed by atoms with Gasteiger partial charge in [0.2, 0.25) is 0 Å². The summed E-state index contributed by atoms with van der Waals surface area (Å²) in [6.45, 7) is 6.51. The van der Waals surface area contributed by atoms with E-state index < -0.39 is 18.6 Å². The van der Waals surface area contributed by atoms with Crippen LogP contribution < -0.4 is 0 Å². The van der Waals surface area contributed by atoms with Crippen molar-refractivity contribution in [3.63, 3.8) is 0 Å². The molecule has 0 radical (unpaired) electrons. The van der Waals surface area contributed by atoms with Gasteiger partial charge in [-0.05, 0) is 0 Å². The molecular weight excluding hydrogens is 251 g/mol. The van der Waals surface area contributed by atoms with Crippen LogP contribution in [0.3, 0.4) is 0 Å². The summed E-state index contributed by atoms with van der Waals surface area (Å²) in [4.78, 5) is 28.9. The predicted octanol–water partition coefficient (Wildman–Crippen LogP) is 1.78. The third-order valence-electron chi connectivity index (χ3n) is 2.10. The Balaban J connectivity index is 5.27. The molecule has 0 spiro atoms. The van der Waals surface area contributed by atoms with Crippen molar-refractivity contribution >= 4 is 19.0 Å². The zero-order valence-electron chi connectivity index (χ0n) is 10.1. The molecule has 0 aliphatic carbocycles. The number of alkyl halides is 1. The molecule has 16 heavy (non-hydrogen) atoms. The Kier molecular flexibility index (Phi) is 4.75. The molecule has 0 aromatic rings. The SMILES string of the molecule is CC(C)N(C(C)(C)Cl)P(O)(O)(O)CCC#N. The van der Waals surface area contributed by atoms with Crippen molar-refractivity contribution in [2.75, 3.05) is 6.16 Å². The van der Waals surface area contributed by atoms with Gasteiger partial charge in [-0.15, -0.1) is 0 Å². The summed E-state index contributed by atoms with van der Waals surface area (Å²) in [6, 6.07) is 1.42. The Morgan fingerprint density at radius 3 is 2.06 bits per heavy atom. The summed E-state index contributed by atoms with van der Waals surface area (Å²) >= 11 is 6.04. The average Bonchev–Trinajstić information content (AvgIpc) is 1.94. The normalized spacial score (nSPS) is 15.9. The Bertz CT molecular complexity index is 288. The molecule has 0 rings (SSSR count). The van der Waals surface area contributed by atoms with E-state index in [0.29, 0.717) is 0 Å². The molecule has 0 amide bonds. The van der Waals surface area contributed by atoms with Gasteiger partial charge in [0.15, 0.2) is 0 Å². The molecule has 0 bridgehead atoms. The van der Waals surface area contributed by atoms with Crippen LogP contribution in [-0.2, 0) is 0 Å². The van der Waals surface area contributed by atoms with Crippen LogP contribution in [0.5, 0.6) is 0 Å². The number of nitriles is 1. The van der Waals surface area contributed by atoms with Gasteiger partial charge in [0, 0.05) is 0 Å². The van der Waals surface area contributed by atoms with E-state index in [1.807, 2.05) is 0 Å². The van der Waals surface area contributed by atoms with Crippen LogP contribution in [0, 0.1) is 11.3 Å². The molecule has 0 aromatic carbocycles. The van der Waals surface area contributed by atoms with Crippen LogP contribution in [0.1, 0.15) is 34.1 Å². The predicted molar refractivity (Wildman–Crippen MR) is 65.6 cm³/mol. The van der Waals surface area contributed by atoms with Crippen LogP contribution >= 0.6 is 19.0 Å². The molecule has 0 unspecified atom stereocenters. The van der Waals surface area contributed by atoms with Crippen LogP contribution in [0.25, 0.3) is 0 Å². The molecule has 0 saturated carbocycles. The first-order valence-corrected chi connectivity index (χ1v) is 7.63. The van der Waals surface area contributed by atoms with Gasteiger partial charge >= 0.3 is 101 Å². The molecule has 5 nitrogen and oxygen atoms in total. The fraction of sp³-hybridized carbons (Fsp3) is 0.889. The Hall–Kier alpha value is 0.0500. The van der Waals surface area contributed by atoms with Gasteiger partial charge in [-0.3, -0.25) is 0 Å². The van der Waals surface area contributed by atoms with Crippen molar-refractivity contribution in [1.29, 1.82) is 5.26 Å². The molecule has 0 atom stereocenters. The van der Waals surface area contributed by atoms with Crippen molar-refractivity contribution in [3.8, 4) is 6.07 Å². The summed E-state index contributed by atoms with van der Waals surface area (Å²) in [5.74, 6) is 0. The molecule has 0 aromatic heterocycles. The van der Waals surface area contributed by atoms with Crippen molar-refractivity contribution in [1.82, 2.24) is 4.67 Å². The first-order chi connectivity index (χ1) is 6.90. The van der Waals surface area contributed by atoms with Crippen LogP contribution in [-0.4, -0.2) is 36.6 Å². The number of rotatable bonds is 5. The molecule has 0 saturated heterocycles. The van der Waals surface area contributed by atoms with Gasteiger partial charge in [0.25, 0.3) is 0 Å². The van der Waals surface area contributed by atoms with Crippen LogP contribution in [0.15, 0.2) is 0 Å². The fourth-order valence-electron chi connectivity index (χ4n) is 1.93. The van der Waals surface area contributed by atoms with Crippen molar-refractivity contribution in [2.45, 2.75) is 45.2 Å². The van der Waals surface area contributed by atoms with Crippen LogP contribution in [0.4, 0.5) is 0 Å². The zero-order chi connectivity index (χ0) is 13.2. The minimum absolute atomic E-state index is 0.141.